The average Bonchev–Trinajstić information content (AvgIpc) is 2.14. The molecule has 14 heavy (non-hydrogen) atoms. The number of hydrogen-bond acceptors (Lipinski definition) is 1. The third-order valence-electron chi connectivity index (χ3n) is 2.13. The first-order chi connectivity index (χ1) is 6.55. The van der Waals surface area contributed by atoms with E-state index in [9.17, 15) is 8.78 Å². The number of nitrogens with one attached hydrogen (secondary N) is 1. The number of alkyl halides is 2. The molecule has 0 aliphatic rings. The second-order valence-corrected chi connectivity index (χ2v) is 3.40. The van der Waals surface area contributed by atoms with Crippen molar-refractivity contribution in [2.45, 2.75) is 19.3 Å². The Morgan fingerprint density at radius 2 is 1.93 bits per heavy atom. The number of benzene rings is 1. The summed E-state index contributed by atoms with van der Waals surface area (Å²) in [4.78, 5) is 0. The molecule has 3 heteroatoms. The van der Waals surface area contributed by atoms with Gasteiger partial charge in [0.1, 0.15) is 0 Å². The molecule has 0 saturated carbocycles. The maximum Gasteiger partial charge on any atom is 0.270 e. The summed E-state index contributed by atoms with van der Waals surface area (Å²) in [5.41, 5.74) is 0.851. The fourth-order valence-electron chi connectivity index (χ4n) is 1.43. The molecule has 0 saturated heterocycles. The lowest BCUT2D eigenvalue weighted by Gasteiger charge is -2.15. The van der Waals surface area contributed by atoms with Gasteiger partial charge in [0, 0.05) is 12.5 Å². The lowest BCUT2D eigenvalue weighted by atomic mass is 10.0. The minimum atomic E-state index is -2.75. The van der Waals surface area contributed by atoms with Gasteiger partial charge >= 0.3 is 0 Å². The van der Waals surface area contributed by atoms with Crippen molar-refractivity contribution in [3.63, 3.8) is 0 Å². The highest BCUT2D eigenvalue weighted by molar-refractivity contribution is 5.30. The van der Waals surface area contributed by atoms with E-state index in [0.29, 0.717) is 18.5 Å². The number of rotatable bonds is 4. The lowest BCUT2D eigenvalue weighted by molar-refractivity contribution is 0.0165. The van der Waals surface area contributed by atoms with E-state index in [2.05, 4.69) is 5.32 Å². The van der Waals surface area contributed by atoms with Gasteiger partial charge in [-0.25, -0.2) is 8.78 Å². The highest BCUT2D eigenvalue weighted by Crippen LogP contribution is 2.29. The van der Waals surface area contributed by atoms with Gasteiger partial charge in [0.15, 0.2) is 0 Å². The van der Waals surface area contributed by atoms with Crippen molar-refractivity contribution in [1.82, 2.24) is 5.32 Å². The van der Waals surface area contributed by atoms with E-state index in [1.165, 1.54) is 6.07 Å². The van der Waals surface area contributed by atoms with Crippen LogP contribution < -0.4 is 5.32 Å². The summed E-state index contributed by atoms with van der Waals surface area (Å²) >= 11 is 0. The molecule has 1 rings (SSSR count). The van der Waals surface area contributed by atoms with Crippen LogP contribution in [-0.4, -0.2) is 13.6 Å². The number of hydrogen-bond donors (Lipinski definition) is 1. The van der Waals surface area contributed by atoms with Crippen molar-refractivity contribution in [3.05, 3.63) is 35.4 Å². The van der Waals surface area contributed by atoms with Crippen LogP contribution in [0.15, 0.2) is 24.3 Å². The average molecular weight is 199 g/mol. The Balaban J connectivity index is 2.92. The van der Waals surface area contributed by atoms with E-state index in [-0.39, 0.29) is 5.56 Å². The Bertz CT molecular complexity index is 292. The first-order valence-corrected chi connectivity index (χ1v) is 4.66. The molecule has 0 radical (unpaired) electrons. The van der Waals surface area contributed by atoms with Crippen molar-refractivity contribution in [1.29, 1.82) is 0 Å². The first-order valence-electron chi connectivity index (χ1n) is 4.66. The van der Waals surface area contributed by atoms with Gasteiger partial charge in [0.25, 0.3) is 5.92 Å². The molecule has 1 nitrogen and oxygen atoms in total. The smallest absolute Gasteiger partial charge is 0.270 e. The van der Waals surface area contributed by atoms with E-state index in [4.69, 9.17) is 0 Å². The van der Waals surface area contributed by atoms with Crippen LogP contribution >= 0.6 is 0 Å². The zero-order valence-corrected chi connectivity index (χ0v) is 8.48. The van der Waals surface area contributed by atoms with Gasteiger partial charge in [-0.05, 0) is 25.6 Å². The Hall–Kier alpha value is -0.960. The van der Waals surface area contributed by atoms with E-state index in [1.807, 2.05) is 7.05 Å². The topological polar surface area (TPSA) is 12.0 Å². The van der Waals surface area contributed by atoms with Crippen molar-refractivity contribution in [3.8, 4) is 0 Å². The Kier molecular flexibility index (Phi) is 3.58. The highest BCUT2D eigenvalue weighted by atomic mass is 19.3. The molecular formula is C11H15F2N. The van der Waals surface area contributed by atoms with E-state index in [0.717, 1.165) is 6.92 Å². The third kappa shape index (κ3) is 2.77. The molecule has 0 spiro atoms. The van der Waals surface area contributed by atoms with Crippen molar-refractivity contribution in [2.75, 3.05) is 13.6 Å². The molecule has 0 heterocycles. The van der Waals surface area contributed by atoms with Gasteiger partial charge < -0.3 is 5.32 Å². The summed E-state index contributed by atoms with van der Waals surface area (Å²) < 4.78 is 26.2. The summed E-state index contributed by atoms with van der Waals surface area (Å²) in [6.07, 6.45) is 0.635. The van der Waals surface area contributed by atoms with Gasteiger partial charge in [-0.1, -0.05) is 24.3 Å². The van der Waals surface area contributed by atoms with Crippen molar-refractivity contribution >= 4 is 0 Å². The Morgan fingerprint density at radius 1 is 1.29 bits per heavy atom. The third-order valence-corrected chi connectivity index (χ3v) is 2.13. The summed E-state index contributed by atoms with van der Waals surface area (Å²) in [6, 6.07) is 6.69. The predicted octanol–water partition coefficient (Wildman–Crippen LogP) is 2.56. The minimum Gasteiger partial charge on any atom is -0.319 e. The van der Waals surface area contributed by atoms with Crippen molar-refractivity contribution in [2.24, 2.45) is 0 Å². The first kappa shape index (κ1) is 11.1. The van der Waals surface area contributed by atoms with Crippen LogP contribution in [0.3, 0.4) is 0 Å². The molecule has 0 aliphatic heterocycles. The molecule has 0 fully saturated rings. The van der Waals surface area contributed by atoms with Crippen LogP contribution in [0.25, 0.3) is 0 Å². The van der Waals surface area contributed by atoms with Crippen LogP contribution in [0.1, 0.15) is 18.1 Å². The molecule has 0 unspecified atom stereocenters. The summed E-state index contributed by atoms with van der Waals surface area (Å²) in [5.74, 6) is -2.75. The molecule has 1 aromatic rings. The quantitative estimate of drug-likeness (QED) is 0.785. The van der Waals surface area contributed by atoms with Gasteiger partial charge in [-0.15, -0.1) is 0 Å². The largest absolute Gasteiger partial charge is 0.319 e. The summed E-state index contributed by atoms with van der Waals surface area (Å²) in [5, 5.41) is 2.95. The lowest BCUT2D eigenvalue weighted by Crippen LogP contribution is -2.15. The molecule has 0 amide bonds. The van der Waals surface area contributed by atoms with Crippen LogP contribution in [0.2, 0.25) is 0 Å². The Labute approximate surface area is 83.1 Å². The molecule has 1 N–H and O–H groups in total. The summed E-state index contributed by atoms with van der Waals surface area (Å²) in [6.45, 7) is 1.65. The van der Waals surface area contributed by atoms with Gasteiger partial charge in [-0.3, -0.25) is 0 Å². The van der Waals surface area contributed by atoms with Crippen LogP contribution in [0, 0.1) is 0 Å². The number of halogens is 2. The van der Waals surface area contributed by atoms with Gasteiger partial charge in [-0.2, -0.15) is 0 Å². The molecule has 78 valence electrons. The molecule has 1 aromatic carbocycles. The predicted molar refractivity (Wildman–Crippen MR) is 53.6 cm³/mol. The number of likely N-dealkylation sites (N-methyl/N-ethyl adjacent to an activating group) is 1. The Morgan fingerprint density at radius 3 is 2.50 bits per heavy atom. The van der Waals surface area contributed by atoms with Crippen LogP contribution in [0.4, 0.5) is 8.78 Å². The molecular weight excluding hydrogens is 184 g/mol. The van der Waals surface area contributed by atoms with Crippen LogP contribution in [-0.2, 0) is 12.3 Å². The second-order valence-electron chi connectivity index (χ2n) is 3.40. The summed E-state index contributed by atoms with van der Waals surface area (Å²) in [7, 11) is 1.81. The zero-order valence-electron chi connectivity index (χ0n) is 8.48. The highest BCUT2D eigenvalue weighted by Gasteiger charge is 2.26. The fraction of sp³-hybridized carbons (Fsp3) is 0.455. The molecule has 0 atom stereocenters. The van der Waals surface area contributed by atoms with Gasteiger partial charge in [0.2, 0.25) is 0 Å². The normalized spacial score (nSPS) is 11.7. The van der Waals surface area contributed by atoms with Crippen molar-refractivity contribution < 1.29 is 8.78 Å². The van der Waals surface area contributed by atoms with Crippen LogP contribution in [0.5, 0.6) is 0 Å². The van der Waals surface area contributed by atoms with E-state index < -0.39 is 5.92 Å². The maximum absolute atomic E-state index is 13.1. The SMILES string of the molecule is CNCCc1ccccc1C(C)(F)F. The fourth-order valence-corrected chi connectivity index (χ4v) is 1.43. The minimum absolute atomic E-state index is 0.134. The molecule has 0 aliphatic carbocycles. The van der Waals surface area contributed by atoms with E-state index in [1.54, 1.807) is 18.2 Å². The van der Waals surface area contributed by atoms with E-state index >= 15 is 0 Å². The van der Waals surface area contributed by atoms with Gasteiger partial charge in [0.05, 0.1) is 0 Å². The molecule has 0 aromatic heterocycles. The standard InChI is InChI=1S/C11H15F2N/c1-11(12,13)10-6-4-3-5-9(10)7-8-14-2/h3-6,14H,7-8H2,1-2H3. The monoisotopic (exact) mass is 199 g/mol. The maximum atomic E-state index is 13.1. The second kappa shape index (κ2) is 4.51. The zero-order chi connectivity index (χ0) is 10.6. The molecule has 0 bridgehead atoms.